The number of nitrogens with one attached hydrogen (secondary N) is 1. The minimum absolute atomic E-state index is 0.521. The Bertz CT molecular complexity index is 490. The van der Waals surface area contributed by atoms with Crippen LogP contribution >= 0.6 is 0 Å². The summed E-state index contributed by atoms with van der Waals surface area (Å²) in [7, 11) is 6.14. The fourth-order valence-electron chi connectivity index (χ4n) is 3.00. The van der Waals surface area contributed by atoms with Crippen LogP contribution in [-0.4, -0.2) is 45.2 Å². The van der Waals surface area contributed by atoms with Crippen LogP contribution in [-0.2, 0) is 6.54 Å². The van der Waals surface area contributed by atoms with Crippen molar-refractivity contribution in [2.75, 3.05) is 39.1 Å². The van der Waals surface area contributed by atoms with Crippen LogP contribution in [0.25, 0.3) is 0 Å². The van der Waals surface area contributed by atoms with Crippen molar-refractivity contribution in [2.24, 2.45) is 0 Å². The van der Waals surface area contributed by atoms with E-state index < -0.39 is 0 Å². The maximum absolute atomic E-state index is 9.43. The van der Waals surface area contributed by atoms with Crippen molar-refractivity contribution in [1.29, 1.82) is 5.26 Å². The lowest BCUT2D eigenvalue weighted by molar-refractivity contribution is 0.372. The molecule has 108 valence electrons. The molecule has 1 fully saturated rings. The fourth-order valence-corrected chi connectivity index (χ4v) is 3.00. The number of hydrogen-bond acceptors (Lipinski definition) is 4. The van der Waals surface area contributed by atoms with Gasteiger partial charge in [0.25, 0.3) is 0 Å². The van der Waals surface area contributed by atoms with Crippen LogP contribution in [0.1, 0.15) is 24.0 Å². The third-order valence-electron chi connectivity index (χ3n) is 3.82. The summed E-state index contributed by atoms with van der Waals surface area (Å²) < 4.78 is 0. The molecule has 0 spiro atoms. The molecule has 1 aliphatic heterocycles. The Hall–Kier alpha value is -1.57. The van der Waals surface area contributed by atoms with E-state index in [1.165, 1.54) is 12.8 Å². The molecule has 4 heteroatoms. The van der Waals surface area contributed by atoms with E-state index in [2.05, 4.69) is 47.4 Å². The van der Waals surface area contributed by atoms with E-state index in [0.29, 0.717) is 6.04 Å². The maximum atomic E-state index is 9.43. The van der Waals surface area contributed by atoms with Crippen molar-refractivity contribution in [3.8, 4) is 6.07 Å². The molecule has 1 heterocycles. The van der Waals surface area contributed by atoms with Crippen molar-refractivity contribution >= 4 is 5.69 Å². The van der Waals surface area contributed by atoms with Gasteiger partial charge in [-0.25, -0.2) is 0 Å². The summed E-state index contributed by atoms with van der Waals surface area (Å²) in [5, 5.41) is 12.6. The first-order valence-corrected chi connectivity index (χ1v) is 7.24. The van der Waals surface area contributed by atoms with Crippen LogP contribution in [0.4, 0.5) is 5.69 Å². The van der Waals surface area contributed by atoms with Gasteiger partial charge in [0.1, 0.15) is 6.07 Å². The van der Waals surface area contributed by atoms with E-state index in [0.717, 1.165) is 36.4 Å². The Balaban J connectivity index is 2.25. The highest BCUT2D eigenvalue weighted by atomic mass is 15.2. The molecule has 1 saturated heterocycles. The second kappa shape index (κ2) is 6.74. The van der Waals surface area contributed by atoms with E-state index in [-0.39, 0.29) is 0 Å². The summed E-state index contributed by atoms with van der Waals surface area (Å²) in [4.78, 5) is 4.63. The van der Waals surface area contributed by atoms with Crippen LogP contribution in [0.5, 0.6) is 0 Å². The fraction of sp³-hybridized carbons (Fsp3) is 0.562. The standard InChI is InChI=1S/C16H24N4/c1-18-11-13-6-7-16(14(9-13)10-17)20-8-4-5-15(20)12-19(2)3/h6-7,9,15,18H,4-5,8,11-12H2,1-3H3. The molecule has 1 unspecified atom stereocenters. The molecule has 1 aromatic carbocycles. The zero-order valence-electron chi connectivity index (χ0n) is 12.7. The molecule has 2 rings (SSSR count). The predicted octanol–water partition coefficient (Wildman–Crippen LogP) is 1.81. The first kappa shape index (κ1) is 14.8. The van der Waals surface area contributed by atoms with Gasteiger partial charge in [0, 0.05) is 25.7 Å². The number of benzene rings is 1. The summed E-state index contributed by atoms with van der Waals surface area (Å²) in [5.41, 5.74) is 3.05. The Morgan fingerprint density at radius 1 is 1.45 bits per heavy atom. The summed E-state index contributed by atoms with van der Waals surface area (Å²) in [6.07, 6.45) is 2.42. The number of likely N-dealkylation sites (N-methyl/N-ethyl adjacent to an activating group) is 1. The average Bonchev–Trinajstić information content (AvgIpc) is 2.86. The minimum atomic E-state index is 0.521. The number of rotatable bonds is 5. The third-order valence-corrected chi connectivity index (χ3v) is 3.82. The highest BCUT2D eigenvalue weighted by Gasteiger charge is 2.26. The number of nitriles is 1. The topological polar surface area (TPSA) is 42.3 Å². The van der Waals surface area contributed by atoms with Gasteiger partial charge < -0.3 is 15.1 Å². The van der Waals surface area contributed by atoms with Crippen molar-refractivity contribution in [3.63, 3.8) is 0 Å². The molecule has 1 atom stereocenters. The molecule has 0 amide bonds. The number of nitrogens with zero attached hydrogens (tertiary/aromatic N) is 3. The van der Waals surface area contributed by atoms with E-state index in [1.807, 2.05) is 13.1 Å². The SMILES string of the molecule is CNCc1ccc(N2CCCC2CN(C)C)c(C#N)c1. The third kappa shape index (κ3) is 3.30. The van der Waals surface area contributed by atoms with Crippen LogP contribution < -0.4 is 10.2 Å². The highest BCUT2D eigenvalue weighted by Crippen LogP contribution is 2.29. The van der Waals surface area contributed by atoms with Crippen LogP contribution in [0, 0.1) is 11.3 Å². The molecule has 4 nitrogen and oxygen atoms in total. The van der Waals surface area contributed by atoms with Gasteiger partial charge in [0.2, 0.25) is 0 Å². The van der Waals surface area contributed by atoms with Crippen molar-refractivity contribution in [1.82, 2.24) is 10.2 Å². The molecule has 0 aliphatic carbocycles. The lowest BCUT2D eigenvalue weighted by Gasteiger charge is -2.30. The second-order valence-electron chi connectivity index (χ2n) is 5.75. The van der Waals surface area contributed by atoms with E-state index in [4.69, 9.17) is 0 Å². The van der Waals surface area contributed by atoms with Gasteiger partial charge in [-0.1, -0.05) is 6.07 Å². The predicted molar refractivity (Wildman–Crippen MR) is 82.8 cm³/mol. The summed E-state index contributed by atoms with van der Waals surface area (Å²) in [6, 6.07) is 9.13. The first-order chi connectivity index (χ1) is 9.65. The van der Waals surface area contributed by atoms with Gasteiger partial charge in [0.05, 0.1) is 11.3 Å². The summed E-state index contributed by atoms with van der Waals surface area (Å²) in [5.74, 6) is 0. The molecule has 0 saturated carbocycles. The van der Waals surface area contributed by atoms with Crippen LogP contribution in [0.2, 0.25) is 0 Å². The molecular formula is C16H24N4. The molecule has 20 heavy (non-hydrogen) atoms. The smallest absolute Gasteiger partial charge is 0.101 e. The Labute approximate surface area is 122 Å². The first-order valence-electron chi connectivity index (χ1n) is 7.24. The second-order valence-corrected chi connectivity index (χ2v) is 5.75. The average molecular weight is 272 g/mol. The van der Waals surface area contributed by atoms with Crippen molar-refractivity contribution in [2.45, 2.75) is 25.4 Å². The lowest BCUT2D eigenvalue weighted by atomic mass is 10.1. The molecule has 0 bridgehead atoms. The lowest BCUT2D eigenvalue weighted by Crippen LogP contribution is -2.37. The number of hydrogen-bond donors (Lipinski definition) is 1. The zero-order chi connectivity index (χ0) is 14.5. The Morgan fingerprint density at radius 2 is 2.25 bits per heavy atom. The monoisotopic (exact) mass is 272 g/mol. The Morgan fingerprint density at radius 3 is 2.90 bits per heavy atom. The highest BCUT2D eigenvalue weighted by molar-refractivity contribution is 5.61. The van der Waals surface area contributed by atoms with Crippen LogP contribution in [0.3, 0.4) is 0 Å². The molecule has 1 N–H and O–H groups in total. The van der Waals surface area contributed by atoms with Crippen molar-refractivity contribution < 1.29 is 0 Å². The molecule has 0 aromatic heterocycles. The van der Waals surface area contributed by atoms with Gasteiger partial charge in [-0.3, -0.25) is 0 Å². The summed E-state index contributed by atoms with van der Waals surface area (Å²) in [6.45, 7) is 2.90. The molecule has 1 aromatic rings. The Kier molecular flexibility index (Phi) is 4.99. The van der Waals surface area contributed by atoms with Gasteiger partial charge in [-0.15, -0.1) is 0 Å². The van der Waals surface area contributed by atoms with Gasteiger partial charge in [-0.2, -0.15) is 5.26 Å². The number of anilines is 1. The molecule has 1 aliphatic rings. The summed E-state index contributed by atoms with van der Waals surface area (Å²) >= 11 is 0. The maximum Gasteiger partial charge on any atom is 0.101 e. The quantitative estimate of drug-likeness (QED) is 0.887. The largest absolute Gasteiger partial charge is 0.366 e. The van der Waals surface area contributed by atoms with E-state index in [9.17, 15) is 5.26 Å². The zero-order valence-corrected chi connectivity index (χ0v) is 12.7. The normalized spacial score (nSPS) is 18.6. The van der Waals surface area contributed by atoms with E-state index >= 15 is 0 Å². The van der Waals surface area contributed by atoms with E-state index in [1.54, 1.807) is 0 Å². The van der Waals surface area contributed by atoms with Gasteiger partial charge in [-0.05, 0) is 51.7 Å². The molecule has 0 radical (unpaired) electrons. The van der Waals surface area contributed by atoms with Gasteiger partial charge >= 0.3 is 0 Å². The van der Waals surface area contributed by atoms with Crippen molar-refractivity contribution in [3.05, 3.63) is 29.3 Å². The van der Waals surface area contributed by atoms with Gasteiger partial charge in [0.15, 0.2) is 0 Å². The van der Waals surface area contributed by atoms with Crippen LogP contribution in [0.15, 0.2) is 18.2 Å². The molecular weight excluding hydrogens is 248 g/mol. The minimum Gasteiger partial charge on any atom is -0.366 e.